The van der Waals surface area contributed by atoms with Gasteiger partial charge >= 0.3 is 0 Å². The molecule has 0 fully saturated rings. The lowest BCUT2D eigenvalue weighted by Crippen LogP contribution is -2.11. The van der Waals surface area contributed by atoms with E-state index in [1.165, 1.54) is 0 Å². The molecular formula is C12H11N3O. The fourth-order valence-corrected chi connectivity index (χ4v) is 1.40. The van der Waals surface area contributed by atoms with Gasteiger partial charge in [-0.15, -0.1) is 0 Å². The van der Waals surface area contributed by atoms with E-state index >= 15 is 0 Å². The Balaban J connectivity index is 2.48. The van der Waals surface area contributed by atoms with Crippen LogP contribution in [0.2, 0.25) is 0 Å². The van der Waals surface area contributed by atoms with Gasteiger partial charge < -0.3 is 5.73 Å². The van der Waals surface area contributed by atoms with Crippen LogP contribution in [0.5, 0.6) is 0 Å². The Labute approximate surface area is 93.2 Å². The number of primary amides is 1. The average molecular weight is 213 g/mol. The molecule has 4 nitrogen and oxygen atoms in total. The van der Waals surface area contributed by atoms with Crippen LogP contribution < -0.4 is 5.73 Å². The maximum atomic E-state index is 11.0. The van der Waals surface area contributed by atoms with Crippen LogP contribution in [0.15, 0.2) is 36.7 Å². The van der Waals surface area contributed by atoms with Gasteiger partial charge in [0.15, 0.2) is 0 Å². The molecule has 16 heavy (non-hydrogen) atoms. The van der Waals surface area contributed by atoms with Crippen molar-refractivity contribution >= 4 is 5.91 Å². The standard InChI is InChI=1S/C12H11N3O/c1-8-2-4-14-10(6-8)11-7-9(12(13)16)3-5-15-11/h2-7H,1H3,(H2,13,16). The molecule has 0 aliphatic carbocycles. The first-order valence-corrected chi connectivity index (χ1v) is 4.86. The second-order valence-corrected chi connectivity index (χ2v) is 3.51. The minimum absolute atomic E-state index is 0.438. The van der Waals surface area contributed by atoms with Gasteiger partial charge in [-0.1, -0.05) is 0 Å². The third kappa shape index (κ3) is 2.06. The summed E-state index contributed by atoms with van der Waals surface area (Å²) in [6.07, 6.45) is 3.27. The zero-order valence-corrected chi connectivity index (χ0v) is 8.84. The van der Waals surface area contributed by atoms with Gasteiger partial charge in [-0.3, -0.25) is 14.8 Å². The molecule has 2 aromatic heterocycles. The van der Waals surface area contributed by atoms with Gasteiger partial charge in [0.1, 0.15) is 0 Å². The quantitative estimate of drug-likeness (QED) is 0.822. The smallest absolute Gasteiger partial charge is 0.248 e. The van der Waals surface area contributed by atoms with E-state index in [9.17, 15) is 4.79 Å². The lowest BCUT2D eigenvalue weighted by Gasteiger charge is -2.02. The van der Waals surface area contributed by atoms with Crippen molar-refractivity contribution in [3.63, 3.8) is 0 Å². The highest BCUT2D eigenvalue weighted by molar-refractivity contribution is 5.93. The van der Waals surface area contributed by atoms with Crippen LogP contribution in [0.4, 0.5) is 0 Å². The third-order valence-corrected chi connectivity index (χ3v) is 2.22. The molecule has 2 aromatic rings. The molecule has 80 valence electrons. The van der Waals surface area contributed by atoms with E-state index in [0.717, 1.165) is 11.3 Å². The fourth-order valence-electron chi connectivity index (χ4n) is 1.40. The molecule has 0 aliphatic heterocycles. The van der Waals surface area contributed by atoms with Crippen molar-refractivity contribution in [2.45, 2.75) is 6.92 Å². The van der Waals surface area contributed by atoms with Crippen LogP contribution in [0.1, 0.15) is 15.9 Å². The number of hydrogen-bond acceptors (Lipinski definition) is 3. The van der Waals surface area contributed by atoms with Crippen LogP contribution in [0.25, 0.3) is 11.4 Å². The van der Waals surface area contributed by atoms with E-state index in [-0.39, 0.29) is 0 Å². The Morgan fingerprint density at radius 3 is 2.38 bits per heavy atom. The molecule has 2 heterocycles. The Morgan fingerprint density at radius 1 is 1.12 bits per heavy atom. The van der Waals surface area contributed by atoms with E-state index < -0.39 is 5.91 Å². The summed E-state index contributed by atoms with van der Waals surface area (Å²) in [6.45, 7) is 1.98. The lowest BCUT2D eigenvalue weighted by atomic mass is 10.1. The first-order chi connectivity index (χ1) is 7.66. The Morgan fingerprint density at radius 2 is 1.75 bits per heavy atom. The molecule has 0 aliphatic rings. The summed E-state index contributed by atoms with van der Waals surface area (Å²) in [5.41, 5.74) is 8.13. The number of pyridine rings is 2. The van der Waals surface area contributed by atoms with Gasteiger partial charge in [0, 0.05) is 18.0 Å². The van der Waals surface area contributed by atoms with Gasteiger partial charge in [-0.2, -0.15) is 0 Å². The second kappa shape index (κ2) is 4.10. The average Bonchev–Trinajstić information content (AvgIpc) is 2.29. The number of nitrogens with zero attached hydrogens (tertiary/aromatic N) is 2. The largest absolute Gasteiger partial charge is 0.366 e. The molecule has 2 N–H and O–H groups in total. The molecule has 0 aromatic carbocycles. The predicted octanol–water partition coefficient (Wildman–Crippen LogP) is 1.55. The Hall–Kier alpha value is -2.23. The van der Waals surface area contributed by atoms with E-state index in [0.29, 0.717) is 11.3 Å². The van der Waals surface area contributed by atoms with Crippen LogP contribution in [-0.4, -0.2) is 15.9 Å². The second-order valence-electron chi connectivity index (χ2n) is 3.51. The van der Waals surface area contributed by atoms with Gasteiger partial charge in [-0.25, -0.2) is 0 Å². The van der Waals surface area contributed by atoms with Crippen molar-refractivity contribution in [2.75, 3.05) is 0 Å². The third-order valence-electron chi connectivity index (χ3n) is 2.22. The zero-order valence-electron chi connectivity index (χ0n) is 8.84. The number of hydrogen-bond donors (Lipinski definition) is 1. The molecule has 2 rings (SSSR count). The highest BCUT2D eigenvalue weighted by Crippen LogP contribution is 2.15. The Kier molecular flexibility index (Phi) is 2.64. The number of carbonyl (C=O) groups excluding carboxylic acids is 1. The molecule has 4 heteroatoms. The normalized spacial score (nSPS) is 10.1. The fraction of sp³-hybridized carbons (Fsp3) is 0.0833. The van der Waals surface area contributed by atoms with Crippen molar-refractivity contribution < 1.29 is 4.79 Å². The molecule has 0 saturated heterocycles. The topological polar surface area (TPSA) is 68.9 Å². The Bertz CT molecular complexity index is 537. The first-order valence-electron chi connectivity index (χ1n) is 4.86. The van der Waals surface area contributed by atoms with Gasteiger partial charge in [0.2, 0.25) is 5.91 Å². The highest BCUT2D eigenvalue weighted by Gasteiger charge is 2.05. The van der Waals surface area contributed by atoms with Crippen LogP contribution >= 0.6 is 0 Å². The number of carbonyl (C=O) groups is 1. The molecule has 0 bridgehead atoms. The number of aromatic nitrogens is 2. The van der Waals surface area contributed by atoms with Gasteiger partial charge in [-0.05, 0) is 36.8 Å². The van der Waals surface area contributed by atoms with Gasteiger partial charge in [0.25, 0.3) is 0 Å². The van der Waals surface area contributed by atoms with Crippen LogP contribution in [-0.2, 0) is 0 Å². The maximum Gasteiger partial charge on any atom is 0.248 e. The number of nitrogens with two attached hydrogens (primary N) is 1. The minimum atomic E-state index is -0.462. The van der Waals surface area contributed by atoms with Crippen molar-refractivity contribution in [3.05, 3.63) is 47.8 Å². The molecule has 0 atom stereocenters. The van der Waals surface area contributed by atoms with E-state index in [2.05, 4.69) is 9.97 Å². The van der Waals surface area contributed by atoms with E-state index in [1.54, 1.807) is 24.5 Å². The summed E-state index contributed by atoms with van der Waals surface area (Å²) in [5.74, 6) is -0.462. The molecule has 0 spiro atoms. The molecule has 0 radical (unpaired) electrons. The van der Waals surface area contributed by atoms with E-state index in [4.69, 9.17) is 5.73 Å². The van der Waals surface area contributed by atoms with Crippen molar-refractivity contribution in [1.82, 2.24) is 9.97 Å². The number of aryl methyl sites for hydroxylation is 1. The summed E-state index contributed by atoms with van der Waals surface area (Å²) in [4.78, 5) is 19.4. The SMILES string of the molecule is Cc1ccnc(-c2cc(C(N)=O)ccn2)c1. The summed E-state index contributed by atoms with van der Waals surface area (Å²) in [5, 5.41) is 0. The summed E-state index contributed by atoms with van der Waals surface area (Å²) < 4.78 is 0. The predicted molar refractivity (Wildman–Crippen MR) is 60.7 cm³/mol. The summed E-state index contributed by atoms with van der Waals surface area (Å²) >= 11 is 0. The first kappa shape index (κ1) is 10.3. The number of amides is 1. The van der Waals surface area contributed by atoms with E-state index in [1.807, 2.05) is 19.1 Å². The van der Waals surface area contributed by atoms with Crippen molar-refractivity contribution in [3.8, 4) is 11.4 Å². The van der Waals surface area contributed by atoms with Crippen LogP contribution in [0, 0.1) is 6.92 Å². The maximum absolute atomic E-state index is 11.0. The summed E-state index contributed by atoms with van der Waals surface area (Å²) in [7, 11) is 0. The van der Waals surface area contributed by atoms with Crippen molar-refractivity contribution in [2.24, 2.45) is 5.73 Å². The molecular weight excluding hydrogens is 202 g/mol. The van der Waals surface area contributed by atoms with Crippen LogP contribution in [0.3, 0.4) is 0 Å². The zero-order chi connectivity index (χ0) is 11.5. The lowest BCUT2D eigenvalue weighted by molar-refractivity contribution is 0.1000. The number of rotatable bonds is 2. The monoisotopic (exact) mass is 213 g/mol. The molecule has 1 amide bonds. The van der Waals surface area contributed by atoms with Gasteiger partial charge in [0.05, 0.1) is 11.4 Å². The minimum Gasteiger partial charge on any atom is -0.366 e. The highest BCUT2D eigenvalue weighted by atomic mass is 16.1. The summed E-state index contributed by atoms with van der Waals surface area (Å²) in [6, 6.07) is 7.04. The molecule has 0 saturated carbocycles. The van der Waals surface area contributed by atoms with Crippen molar-refractivity contribution in [1.29, 1.82) is 0 Å². The molecule has 0 unspecified atom stereocenters.